The van der Waals surface area contributed by atoms with Crippen molar-refractivity contribution in [2.75, 3.05) is 6.61 Å². The molecule has 4 nitrogen and oxygen atoms in total. The zero-order valence-electron chi connectivity index (χ0n) is 12.1. The van der Waals surface area contributed by atoms with Crippen LogP contribution in [0.25, 0.3) is 0 Å². The van der Waals surface area contributed by atoms with Crippen molar-refractivity contribution in [3.63, 3.8) is 0 Å². The first-order valence-corrected chi connectivity index (χ1v) is 7.50. The summed E-state index contributed by atoms with van der Waals surface area (Å²) in [7, 11) is 0. The third-order valence-corrected chi connectivity index (χ3v) is 4.55. The lowest BCUT2D eigenvalue weighted by atomic mass is 9.87. The maximum atomic E-state index is 9.18. The Hall–Kier alpha value is -0.630. The minimum absolute atomic E-state index is 0.285. The second kappa shape index (κ2) is 6.21. The molecule has 1 aliphatic carbocycles. The summed E-state index contributed by atoms with van der Waals surface area (Å²) in [6.45, 7) is 4.92. The smallest absolute Gasteiger partial charge is 0.107 e. The Morgan fingerprint density at radius 3 is 2.68 bits per heavy atom. The fraction of sp³-hybridized carbons (Fsp3) is 0.933. The molecule has 0 aromatic carbocycles. The molecular weight excluding hydrogens is 240 g/mol. The van der Waals surface area contributed by atoms with E-state index >= 15 is 0 Å². The van der Waals surface area contributed by atoms with E-state index in [1.165, 1.54) is 0 Å². The first kappa shape index (κ1) is 14.8. The average molecular weight is 266 g/mol. The normalized spacial score (nSPS) is 43.1. The van der Waals surface area contributed by atoms with Crippen LogP contribution in [-0.4, -0.2) is 30.5 Å². The van der Waals surface area contributed by atoms with Gasteiger partial charge in [-0.15, -0.1) is 0 Å². The van der Waals surface area contributed by atoms with Gasteiger partial charge in [-0.3, -0.25) is 0 Å². The number of nitrogens with zero attached hydrogens (tertiary/aromatic N) is 1. The fourth-order valence-electron chi connectivity index (χ4n) is 3.51. The summed E-state index contributed by atoms with van der Waals surface area (Å²) in [6.07, 6.45) is 6.69. The van der Waals surface area contributed by atoms with E-state index in [2.05, 4.69) is 19.9 Å². The van der Waals surface area contributed by atoms with Crippen molar-refractivity contribution >= 4 is 0 Å². The Balaban J connectivity index is 1.73. The molecule has 2 aliphatic rings. The van der Waals surface area contributed by atoms with E-state index in [0.717, 1.165) is 45.1 Å². The second-order valence-corrected chi connectivity index (χ2v) is 6.25. The van der Waals surface area contributed by atoms with E-state index in [9.17, 15) is 5.26 Å². The molecule has 0 amide bonds. The largest absolute Gasteiger partial charge is 0.378 e. The summed E-state index contributed by atoms with van der Waals surface area (Å²) in [4.78, 5) is 0. The van der Waals surface area contributed by atoms with E-state index in [1.54, 1.807) is 0 Å². The zero-order valence-corrected chi connectivity index (χ0v) is 12.1. The van der Waals surface area contributed by atoms with Crippen LogP contribution in [0.1, 0.15) is 52.4 Å². The number of hydrogen-bond acceptors (Lipinski definition) is 4. The van der Waals surface area contributed by atoms with Crippen LogP contribution in [-0.2, 0) is 9.47 Å². The van der Waals surface area contributed by atoms with Gasteiger partial charge in [0.2, 0.25) is 0 Å². The van der Waals surface area contributed by atoms with Gasteiger partial charge in [0.05, 0.1) is 24.4 Å². The van der Waals surface area contributed by atoms with E-state index in [-0.39, 0.29) is 12.2 Å². The summed E-state index contributed by atoms with van der Waals surface area (Å²) < 4.78 is 11.7. The molecule has 1 aliphatic heterocycles. The molecule has 0 spiro atoms. The maximum absolute atomic E-state index is 9.18. The molecular formula is C15H26N2O2. The van der Waals surface area contributed by atoms with Gasteiger partial charge < -0.3 is 15.2 Å². The van der Waals surface area contributed by atoms with Crippen molar-refractivity contribution in [2.45, 2.75) is 76.2 Å². The van der Waals surface area contributed by atoms with Crippen LogP contribution in [0.3, 0.4) is 0 Å². The predicted molar refractivity (Wildman–Crippen MR) is 73.5 cm³/mol. The number of nitriles is 1. The van der Waals surface area contributed by atoms with Gasteiger partial charge in [0.15, 0.2) is 0 Å². The summed E-state index contributed by atoms with van der Waals surface area (Å²) >= 11 is 0. The quantitative estimate of drug-likeness (QED) is 0.848. The van der Waals surface area contributed by atoms with E-state index in [0.29, 0.717) is 12.0 Å². The first-order chi connectivity index (χ1) is 9.03. The highest BCUT2D eigenvalue weighted by atomic mass is 16.5. The summed E-state index contributed by atoms with van der Waals surface area (Å²) in [5.41, 5.74) is 5.52. The molecule has 1 heterocycles. The van der Waals surface area contributed by atoms with Gasteiger partial charge >= 0.3 is 0 Å². The highest BCUT2D eigenvalue weighted by molar-refractivity contribution is 5.11. The molecule has 1 saturated carbocycles. The minimum atomic E-state index is -0.611. The monoisotopic (exact) mass is 266 g/mol. The van der Waals surface area contributed by atoms with Gasteiger partial charge in [-0.25, -0.2) is 0 Å². The highest BCUT2D eigenvalue weighted by Gasteiger charge is 2.39. The van der Waals surface area contributed by atoms with Gasteiger partial charge in [-0.1, -0.05) is 6.42 Å². The molecule has 0 radical (unpaired) electrons. The summed E-state index contributed by atoms with van der Waals surface area (Å²) in [5.74, 6) is 0.298. The first-order valence-electron chi connectivity index (χ1n) is 7.50. The van der Waals surface area contributed by atoms with Crippen LogP contribution < -0.4 is 5.73 Å². The van der Waals surface area contributed by atoms with Crippen LogP contribution in [0, 0.1) is 17.2 Å². The van der Waals surface area contributed by atoms with Gasteiger partial charge in [-0.05, 0) is 51.9 Å². The van der Waals surface area contributed by atoms with Crippen LogP contribution in [0.2, 0.25) is 0 Å². The lowest BCUT2D eigenvalue weighted by Crippen LogP contribution is -2.42. The summed E-state index contributed by atoms with van der Waals surface area (Å²) in [5, 5.41) is 9.18. The third kappa shape index (κ3) is 3.68. The Bertz CT molecular complexity index is 332. The van der Waals surface area contributed by atoms with Gasteiger partial charge in [0, 0.05) is 6.61 Å². The standard InChI is InChI=1S/C15H26N2O2/c1-11-8-14(9-12(2)19-11)18-7-5-13-4-3-6-15(13,17)10-16/h11-14H,3-9,17H2,1-2H3. The second-order valence-electron chi connectivity index (χ2n) is 6.25. The lowest BCUT2D eigenvalue weighted by molar-refractivity contribution is -0.103. The lowest BCUT2D eigenvalue weighted by Gasteiger charge is -2.32. The number of ether oxygens (including phenoxy) is 2. The van der Waals surface area contributed by atoms with Crippen molar-refractivity contribution in [1.29, 1.82) is 5.26 Å². The number of rotatable bonds is 4. The molecule has 2 rings (SSSR count). The number of hydrogen-bond donors (Lipinski definition) is 1. The SMILES string of the molecule is CC1CC(OCCC2CCCC2(N)C#N)CC(C)O1. The van der Waals surface area contributed by atoms with Crippen LogP contribution in [0.4, 0.5) is 0 Å². The molecule has 4 atom stereocenters. The van der Waals surface area contributed by atoms with Crippen molar-refractivity contribution in [2.24, 2.45) is 11.7 Å². The van der Waals surface area contributed by atoms with Crippen molar-refractivity contribution < 1.29 is 9.47 Å². The highest BCUT2D eigenvalue weighted by Crippen LogP contribution is 2.35. The molecule has 19 heavy (non-hydrogen) atoms. The van der Waals surface area contributed by atoms with Gasteiger partial charge in [-0.2, -0.15) is 5.26 Å². The Morgan fingerprint density at radius 2 is 2.05 bits per heavy atom. The van der Waals surface area contributed by atoms with Gasteiger partial charge in [0.25, 0.3) is 0 Å². The Labute approximate surface area is 116 Å². The molecule has 1 saturated heterocycles. The van der Waals surface area contributed by atoms with Crippen LogP contribution in [0.5, 0.6) is 0 Å². The van der Waals surface area contributed by atoms with E-state index < -0.39 is 5.54 Å². The Morgan fingerprint density at radius 1 is 1.37 bits per heavy atom. The molecule has 0 aromatic rings. The molecule has 2 N–H and O–H groups in total. The third-order valence-electron chi connectivity index (χ3n) is 4.55. The van der Waals surface area contributed by atoms with E-state index in [1.807, 2.05) is 0 Å². The van der Waals surface area contributed by atoms with Crippen LogP contribution in [0.15, 0.2) is 0 Å². The fourth-order valence-corrected chi connectivity index (χ4v) is 3.51. The average Bonchev–Trinajstić information content (AvgIpc) is 2.71. The van der Waals surface area contributed by atoms with Crippen molar-refractivity contribution in [3.05, 3.63) is 0 Å². The molecule has 0 aromatic heterocycles. The molecule has 0 bridgehead atoms. The minimum Gasteiger partial charge on any atom is -0.378 e. The summed E-state index contributed by atoms with van der Waals surface area (Å²) in [6, 6.07) is 2.30. The molecule has 4 unspecified atom stereocenters. The Kier molecular flexibility index (Phi) is 4.83. The number of nitrogens with two attached hydrogens (primary N) is 1. The molecule has 2 fully saturated rings. The molecule has 4 heteroatoms. The molecule has 108 valence electrons. The van der Waals surface area contributed by atoms with Gasteiger partial charge in [0.1, 0.15) is 5.54 Å². The zero-order chi connectivity index (χ0) is 13.9. The topological polar surface area (TPSA) is 68.3 Å². The predicted octanol–water partition coefficient (Wildman–Crippen LogP) is 2.37. The van der Waals surface area contributed by atoms with Crippen molar-refractivity contribution in [3.8, 4) is 6.07 Å². The van der Waals surface area contributed by atoms with E-state index in [4.69, 9.17) is 15.2 Å². The van der Waals surface area contributed by atoms with Crippen molar-refractivity contribution in [1.82, 2.24) is 0 Å². The maximum Gasteiger partial charge on any atom is 0.107 e. The van der Waals surface area contributed by atoms with Crippen LogP contribution >= 0.6 is 0 Å².